The molecule has 4 rings (SSSR count). The van der Waals surface area contributed by atoms with Crippen LogP contribution in [0, 0.1) is 12.5 Å². The van der Waals surface area contributed by atoms with E-state index in [2.05, 4.69) is 10.2 Å². The molecule has 0 saturated carbocycles. The van der Waals surface area contributed by atoms with Gasteiger partial charge in [-0.3, -0.25) is 4.79 Å². The van der Waals surface area contributed by atoms with E-state index in [-0.39, 0.29) is 138 Å². The number of carbonyl (C=O) groups is 3. The minimum Gasteiger partial charge on any atom is -0.744 e. The smallest absolute Gasteiger partial charge is 0.744 e. The SMILES string of the molecule is C[CH]OC(=O)C1=NN(c2ccc(S(=O)(=O)[O-])cc2)C(=O)C1CC=Cc1cn(-c2ccc(S(=O)(=O)[O-])cc2)nc1C(=O)OCC.[K+].[K+]. The van der Waals surface area contributed by atoms with Crippen molar-refractivity contribution in [2.75, 3.05) is 11.6 Å². The van der Waals surface area contributed by atoms with Crippen LogP contribution in [0.2, 0.25) is 0 Å². The second-order valence-corrected chi connectivity index (χ2v) is 11.7. The molecule has 0 fully saturated rings. The molecule has 46 heavy (non-hydrogen) atoms. The molecule has 1 atom stereocenters. The number of anilines is 1. The van der Waals surface area contributed by atoms with E-state index in [1.165, 1.54) is 54.2 Å². The van der Waals surface area contributed by atoms with Crippen LogP contribution in [-0.4, -0.2) is 65.9 Å². The van der Waals surface area contributed by atoms with Gasteiger partial charge >= 0.3 is 115 Å². The Bertz CT molecular complexity index is 1870. The summed E-state index contributed by atoms with van der Waals surface area (Å²) in [6.07, 6.45) is 4.30. The Labute approximate surface area is 349 Å². The van der Waals surface area contributed by atoms with E-state index in [0.29, 0.717) is 5.69 Å². The van der Waals surface area contributed by atoms with Crippen molar-refractivity contribution in [2.24, 2.45) is 11.0 Å². The molecule has 2 aromatic carbocycles. The molecule has 3 aromatic rings. The third kappa shape index (κ3) is 9.81. The molecule has 1 unspecified atom stereocenters. The predicted octanol–water partition coefficient (Wildman–Crippen LogP) is -3.99. The number of aromatic nitrogens is 2. The third-order valence-corrected chi connectivity index (χ3v) is 7.82. The molecule has 1 aromatic heterocycles. The molecule has 19 heteroatoms. The first kappa shape index (κ1) is 40.7. The molecule has 1 aliphatic heterocycles. The fourth-order valence-electron chi connectivity index (χ4n) is 4.09. The molecule has 1 amide bonds. The van der Waals surface area contributed by atoms with Gasteiger partial charge in [-0.2, -0.15) is 15.2 Å². The molecule has 231 valence electrons. The van der Waals surface area contributed by atoms with Gasteiger partial charge in [-0.1, -0.05) is 12.2 Å². The zero-order valence-corrected chi connectivity index (χ0v) is 32.9. The molecule has 0 bridgehead atoms. The number of hydrogen-bond donors (Lipinski definition) is 0. The van der Waals surface area contributed by atoms with Gasteiger partial charge in [0.25, 0.3) is 5.91 Å². The number of hydrogen-bond acceptors (Lipinski definition) is 13. The molecule has 0 aliphatic carbocycles. The quantitative estimate of drug-likeness (QED) is 0.105. The van der Waals surface area contributed by atoms with Crippen LogP contribution in [0.25, 0.3) is 11.8 Å². The number of esters is 2. The average Bonchev–Trinajstić information content (AvgIpc) is 3.54. The van der Waals surface area contributed by atoms with Crippen LogP contribution in [0.3, 0.4) is 0 Å². The van der Waals surface area contributed by atoms with Crippen LogP contribution in [0.15, 0.2) is 75.7 Å². The second-order valence-electron chi connectivity index (χ2n) is 8.96. The van der Waals surface area contributed by atoms with Gasteiger partial charge in [-0.25, -0.2) is 31.1 Å². The summed E-state index contributed by atoms with van der Waals surface area (Å²) in [7, 11) is -9.40. The summed E-state index contributed by atoms with van der Waals surface area (Å²) in [4.78, 5) is 37.6. The van der Waals surface area contributed by atoms with Crippen molar-refractivity contribution in [1.29, 1.82) is 0 Å². The Balaban J connectivity index is 0.00000368. The fourth-order valence-corrected chi connectivity index (χ4v) is 5.03. The van der Waals surface area contributed by atoms with Crippen LogP contribution in [-0.2, 0) is 39.3 Å². The van der Waals surface area contributed by atoms with E-state index in [4.69, 9.17) is 9.47 Å². The summed E-state index contributed by atoms with van der Waals surface area (Å²) < 4.78 is 78.8. The second kappa shape index (κ2) is 17.3. The number of carbonyl (C=O) groups excluding carboxylic acids is 3. The number of nitrogens with zero attached hydrogens (tertiary/aromatic N) is 4. The molecular weight excluding hydrogens is 699 g/mol. The van der Waals surface area contributed by atoms with Crippen LogP contribution >= 0.6 is 0 Å². The molecule has 0 N–H and O–H groups in total. The van der Waals surface area contributed by atoms with Crippen LogP contribution in [0.5, 0.6) is 0 Å². The van der Waals surface area contributed by atoms with E-state index < -0.39 is 53.8 Å². The van der Waals surface area contributed by atoms with Crippen molar-refractivity contribution < 1.29 is 153 Å². The van der Waals surface area contributed by atoms with Crippen molar-refractivity contribution >= 4 is 55.6 Å². The first-order valence-electron chi connectivity index (χ1n) is 12.7. The maximum atomic E-state index is 13.3. The minimum absolute atomic E-state index is 0. The molecule has 0 spiro atoms. The van der Waals surface area contributed by atoms with Gasteiger partial charge in [0, 0.05) is 11.8 Å². The van der Waals surface area contributed by atoms with E-state index >= 15 is 0 Å². The number of ether oxygens (including phenoxy) is 2. The zero-order valence-electron chi connectivity index (χ0n) is 25.0. The van der Waals surface area contributed by atoms with Crippen molar-refractivity contribution in [3.8, 4) is 5.69 Å². The summed E-state index contributed by atoms with van der Waals surface area (Å²) >= 11 is 0. The zero-order chi connectivity index (χ0) is 32.2. The minimum atomic E-state index is -4.73. The number of hydrazone groups is 1. The van der Waals surface area contributed by atoms with E-state index in [9.17, 15) is 40.3 Å². The number of benzene rings is 2. The van der Waals surface area contributed by atoms with Gasteiger partial charge in [-0.15, -0.1) is 0 Å². The number of allylic oxidation sites excluding steroid dienone is 1. The van der Waals surface area contributed by atoms with Crippen molar-refractivity contribution in [3.63, 3.8) is 0 Å². The molecule has 2 heterocycles. The molecular formula is C27H23K2N4O11S2. The van der Waals surface area contributed by atoms with E-state index in [1.807, 2.05) is 0 Å². The van der Waals surface area contributed by atoms with Crippen molar-refractivity contribution in [1.82, 2.24) is 9.78 Å². The van der Waals surface area contributed by atoms with Crippen LogP contribution < -0.4 is 108 Å². The Morgan fingerprint density at radius 3 is 1.96 bits per heavy atom. The summed E-state index contributed by atoms with van der Waals surface area (Å²) in [5, 5.41) is 9.19. The van der Waals surface area contributed by atoms with Crippen LogP contribution in [0.4, 0.5) is 5.69 Å². The largest absolute Gasteiger partial charge is 1.00 e. The average molecular weight is 722 g/mol. The number of rotatable bonds is 11. The molecule has 1 radical (unpaired) electrons. The van der Waals surface area contributed by atoms with Crippen molar-refractivity contribution in [2.45, 2.75) is 30.1 Å². The van der Waals surface area contributed by atoms with Gasteiger partial charge < -0.3 is 18.6 Å². The normalized spacial score (nSPS) is 14.8. The van der Waals surface area contributed by atoms with Gasteiger partial charge in [0.05, 0.1) is 33.7 Å². The number of amides is 1. The predicted molar refractivity (Wildman–Crippen MR) is 150 cm³/mol. The monoisotopic (exact) mass is 721 g/mol. The summed E-state index contributed by atoms with van der Waals surface area (Å²) in [6.45, 7) is 4.21. The maximum absolute atomic E-state index is 13.3. The first-order valence-corrected chi connectivity index (χ1v) is 15.5. The topological polar surface area (TPSA) is 217 Å². The Morgan fingerprint density at radius 1 is 0.913 bits per heavy atom. The summed E-state index contributed by atoms with van der Waals surface area (Å²) in [5.74, 6) is -3.45. The summed E-state index contributed by atoms with van der Waals surface area (Å²) in [6, 6.07) is 9.24. The molecule has 15 nitrogen and oxygen atoms in total. The Kier molecular flexibility index (Phi) is 15.3. The molecule has 0 saturated heterocycles. The molecule has 1 aliphatic rings. The van der Waals surface area contributed by atoms with Crippen LogP contribution in [0.1, 0.15) is 36.3 Å². The third-order valence-electron chi connectivity index (χ3n) is 6.12. The summed E-state index contributed by atoms with van der Waals surface area (Å²) in [5.41, 5.74) is 0.330. The van der Waals surface area contributed by atoms with Gasteiger partial charge in [-0.05, 0) is 68.8 Å². The van der Waals surface area contributed by atoms with Gasteiger partial charge in [0.15, 0.2) is 11.4 Å². The van der Waals surface area contributed by atoms with Crippen molar-refractivity contribution in [3.05, 3.63) is 78.7 Å². The maximum Gasteiger partial charge on any atom is 1.00 e. The van der Waals surface area contributed by atoms with E-state index in [1.54, 1.807) is 6.92 Å². The van der Waals surface area contributed by atoms with E-state index in [0.717, 1.165) is 35.9 Å². The Hall–Kier alpha value is -1.44. The van der Waals surface area contributed by atoms with Gasteiger partial charge in [0.2, 0.25) is 0 Å². The fraction of sp³-hybridized carbons (Fsp3) is 0.185. The Morgan fingerprint density at radius 2 is 1.46 bits per heavy atom. The van der Waals surface area contributed by atoms with Gasteiger partial charge in [0.1, 0.15) is 26.8 Å². The first-order chi connectivity index (χ1) is 20.7. The standard InChI is InChI=1S/C27H25N4O11S2.2K/c1-3-41-26(33)23-17(16-30(28-23)18-8-12-20(13-9-18)43(35,36)37)6-5-7-22-24(27(34)42-4-2)29-31(25(22)32)19-10-14-21(15-11-19)44(38,39)40;;/h4-6,8-16,22H,3,7H2,1-2H3,(H,35,36,37)(H,38,39,40);;/q;2*+1/p-2.